The number of benzene rings is 1. The SMILES string of the molecule is CC(C)CNC(=O)CN(C)c1ccc(CN)c(F)c1F. The standard InChI is InChI=1S/C14H21F2N3O/c1-9(2)7-18-12(20)8-19(3)11-5-4-10(6-17)13(15)14(11)16/h4-5,9H,6-8,17H2,1-3H3,(H,18,20). The average Bonchev–Trinajstić information content (AvgIpc) is 2.39. The minimum absolute atomic E-state index is 0.0367. The van der Waals surface area contributed by atoms with E-state index in [0.29, 0.717) is 12.5 Å². The lowest BCUT2D eigenvalue weighted by Gasteiger charge is -2.20. The molecule has 0 atom stereocenters. The fourth-order valence-electron chi connectivity index (χ4n) is 1.71. The molecule has 1 rings (SSSR count). The van der Waals surface area contributed by atoms with Crippen LogP contribution in [0.15, 0.2) is 12.1 Å². The summed E-state index contributed by atoms with van der Waals surface area (Å²) < 4.78 is 27.5. The summed E-state index contributed by atoms with van der Waals surface area (Å²) in [5.41, 5.74) is 5.47. The molecule has 0 spiro atoms. The molecule has 0 aliphatic rings. The van der Waals surface area contributed by atoms with Crippen LogP contribution in [0.25, 0.3) is 0 Å². The molecule has 1 amide bonds. The molecule has 6 heteroatoms. The monoisotopic (exact) mass is 285 g/mol. The minimum atomic E-state index is -0.980. The summed E-state index contributed by atoms with van der Waals surface area (Å²) in [7, 11) is 1.54. The van der Waals surface area contributed by atoms with Crippen molar-refractivity contribution in [2.24, 2.45) is 11.7 Å². The van der Waals surface area contributed by atoms with Gasteiger partial charge in [-0.05, 0) is 12.0 Å². The van der Waals surface area contributed by atoms with E-state index in [1.165, 1.54) is 24.1 Å². The molecule has 0 aromatic heterocycles. The fourth-order valence-corrected chi connectivity index (χ4v) is 1.71. The van der Waals surface area contributed by atoms with Crippen molar-refractivity contribution in [3.05, 3.63) is 29.3 Å². The third kappa shape index (κ3) is 4.16. The van der Waals surface area contributed by atoms with Gasteiger partial charge in [0.25, 0.3) is 0 Å². The molecule has 4 nitrogen and oxygen atoms in total. The number of amides is 1. The summed E-state index contributed by atoms with van der Waals surface area (Å²) in [4.78, 5) is 13.0. The number of carbonyl (C=O) groups excluding carboxylic acids is 1. The predicted octanol–water partition coefficient (Wildman–Crippen LogP) is 1.63. The summed E-state index contributed by atoms with van der Waals surface area (Å²) in [6, 6.07) is 2.85. The second kappa shape index (κ2) is 7.19. The zero-order valence-corrected chi connectivity index (χ0v) is 12.0. The van der Waals surface area contributed by atoms with Gasteiger partial charge in [0.05, 0.1) is 12.2 Å². The maximum absolute atomic E-state index is 13.9. The molecule has 3 N–H and O–H groups in total. The lowest BCUT2D eigenvalue weighted by Crippen LogP contribution is -2.37. The maximum atomic E-state index is 13.9. The minimum Gasteiger partial charge on any atom is -0.363 e. The number of rotatable bonds is 6. The smallest absolute Gasteiger partial charge is 0.239 e. The van der Waals surface area contributed by atoms with Crippen LogP contribution in [-0.4, -0.2) is 26.0 Å². The first-order chi connectivity index (χ1) is 9.36. The van der Waals surface area contributed by atoms with E-state index < -0.39 is 11.6 Å². The Morgan fingerprint density at radius 1 is 1.35 bits per heavy atom. The van der Waals surface area contributed by atoms with E-state index in [1.807, 2.05) is 13.8 Å². The van der Waals surface area contributed by atoms with Crippen LogP contribution >= 0.6 is 0 Å². The first-order valence-corrected chi connectivity index (χ1v) is 6.51. The number of carbonyl (C=O) groups is 1. The maximum Gasteiger partial charge on any atom is 0.239 e. The Balaban J connectivity index is 2.75. The molecule has 0 aliphatic heterocycles. The lowest BCUT2D eigenvalue weighted by atomic mass is 10.1. The van der Waals surface area contributed by atoms with Crippen LogP contribution in [0, 0.1) is 17.6 Å². The highest BCUT2D eigenvalue weighted by Crippen LogP contribution is 2.23. The molecule has 1 aromatic rings. The van der Waals surface area contributed by atoms with Crippen molar-refractivity contribution in [1.82, 2.24) is 5.32 Å². The fraction of sp³-hybridized carbons (Fsp3) is 0.500. The first-order valence-electron chi connectivity index (χ1n) is 6.51. The molecule has 0 saturated carbocycles. The van der Waals surface area contributed by atoms with Crippen LogP contribution in [0.5, 0.6) is 0 Å². The Kier molecular flexibility index (Phi) is 5.88. The third-order valence-corrected chi connectivity index (χ3v) is 2.86. The van der Waals surface area contributed by atoms with E-state index in [-0.39, 0.29) is 30.2 Å². The summed E-state index contributed by atoms with van der Waals surface area (Å²) in [5, 5.41) is 2.72. The van der Waals surface area contributed by atoms with E-state index in [0.717, 1.165) is 0 Å². The summed E-state index contributed by atoms with van der Waals surface area (Å²) >= 11 is 0. The molecular formula is C14H21F2N3O. The average molecular weight is 285 g/mol. The first kappa shape index (κ1) is 16.4. The predicted molar refractivity (Wildman–Crippen MR) is 75.4 cm³/mol. The zero-order valence-electron chi connectivity index (χ0n) is 12.0. The number of anilines is 1. The van der Waals surface area contributed by atoms with Crippen molar-refractivity contribution >= 4 is 11.6 Å². The second-order valence-electron chi connectivity index (χ2n) is 5.13. The van der Waals surface area contributed by atoms with Gasteiger partial charge in [0, 0.05) is 25.7 Å². The van der Waals surface area contributed by atoms with E-state index in [2.05, 4.69) is 5.32 Å². The zero-order chi connectivity index (χ0) is 15.3. The Morgan fingerprint density at radius 3 is 2.55 bits per heavy atom. The lowest BCUT2D eigenvalue weighted by molar-refractivity contribution is -0.119. The molecule has 0 bridgehead atoms. The van der Waals surface area contributed by atoms with Gasteiger partial charge in [0.1, 0.15) is 0 Å². The second-order valence-corrected chi connectivity index (χ2v) is 5.13. The third-order valence-electron chi connectivity index (χ3n) is 2.86. The van der Waals surface area contributed by atoms with Crippen molar-refractivity contribution in [2.45, 2.75) is 20.4 Å². The number of nitrogens with one attached hydrogen (secondary N) is 1. The number of likely N-dealkylation sites (N-methyl/N-ethyl adjacent to an activating group) is 1. The van der Waals surface area contributed by atoms with Gasteiger partial charge in [-0.2, -0.15) is 0 Å². The van der Waals surface area contributed by atoms with Crippen LogP contribution in [0.2, 0.25) is 0 Å². The van der Waals surface area contributed by atoms with Crippen molar-refractivity contribution < 1.29 is 13.6 Å². The molecule has 0 saturated heterocycles. The van der Waals surface area contributed by atoms with Crippen LogP contribution in [-0.2, 0) is 11.3 Å². The molecule has 112 valence electrons. The quantitative estimate of drug-likeness (QED) is 0.835. The van der Waals surface area contributed by atoms with Gasteiger partial charge in [0.15, 0.2) is 11.6 Å². The molecular weight excluding hydrogens is 264 g/mol. The van der Waals surface area contributed by atoms with Gasteiger partial charge in [-0.15, -0.1) is 0 Å². The molecule has 0 heterocycles. The Hall–Kier alpha value is -1.69. The van der Waals surface area contributed by atoms with Crippen LogP contribution in [0.4, 0.5) is 14.5 Å². The van der Waals surface area contributed by atoms with Gasteiger partial charge >= 0.3 is 0 Å². The highest BCUT2D eigenvalue weighted by atomic mass is 19.2. The molecule has 20 heavy (non-hydrogen) atoms. The van der Waals surface area contributed by atoms with Crippen molar-refractivity contribution in [2.75, 3.05) is 25.0 Å². The Labute approximate surface area is 117 Å². The van der Waals surface area contributed by atoms with Crippen molar-refractivity contribution in [3.8, 4) is 0 Å². The van der Waals surface area contributed by atoms with Crippen molar-refractivity contribution in [3.63, 3.8) is 0 Å². The van der Waals surface area contributed by atoms with Crippen molar-refractivity contribution in [1.29, 1.82) is 0 Å². The van der Waals surface area contributed by atoms with Gasteiger partial charge in [-0.25, -0.2) is 8.78 Å². The topological polar surface area (TPSA) is 58.4 Å². The number of nitrogens with zero attached hydrogens (tertiary/aromatic N) is 1. The molecule has 0 fully saturated rings. The number of halogens is 2. The highest BCUT2D eigenvalue weighted by molar-refractivity contribution is 5.81. The number of hydrogen-bond acceptors (Lipinski definition) is 3. The molecule has 1 aromatic carbocycles. The van der Waals surface area contributed by atoms with E-state index >= 15 is 0 Å². The van der Waals surface area contributed by atoms with E-state index in [1.54, 1.807) is 0 Å². The molecule has 0 unspecified atom stereocenters. The largest absolute Gasteiger partial charge is 0.363 e. The Bertz CT molecular complexity index is 478. The molecule has 0 aliphatic carbocycles. The highest BCUT2D eigenvalue weighted by Gasteiger charge is 2.17. The van der Waals surface area contributed by atoms with Gasteiger partial charge in [0.2, 0.25) is 5.91 Å². The normalized spacial score (nSPS) is 10.8. The Morgan fingerprint density at radius 2 is 2.00 bits per heavy atom. The molecule has 0 radical (unpaired) electrons. The number of nitrogens with two attached hydrogens (primary N) is 1. The number of hydrogen-bond donors (Lipinski definition) is 2. The van der Waals surface area contributed by atoms with Crippen LogP contribution in [0.1, 0.15) is 19.4 Å². The summed E-state index contributed by atoms with van der Waals surface area (Å²) in [6.07, 6.45) is 0. The van der Waals surface area contributed by atoms with Gasteiger partial charge in [-0.1, -0.05) is 19.9 Å². The van der Waals surface area contributed by atoms with Crippen LogP contribution < -0.4 is 16.0 Å². The summed E-state index contributed by atoms with van der Waals surface area (Å²) in [6.45, 7) is 4.40. The van der Waals surface area contributed by atoms with E-state index in [4.69, 9.17) is 5.73 Å². The van der Waals surface area contributed by atoms with Gasteiger partial charge in [-0.3, -0.25) is 4.79 Å². The van der Waals surface area contributed by atoms with Gasteiger partial charge < -0.3 is 16.0 Å². The van der Waals surface area contributed by atoms with Crippen LogP contribution in [0.3, 0.4) is 0 Å². The summed E-state index contributed by atoms with van der Waals surface area (Å²) in [5.74, 6) is -1.84. The van der Waals surface area contributed by atoms with E-state index in [9.17, 15) is 13.6 Å².